The van der Waals surface area contributed by atoms with Gasteiger partial charge in [-0.15, -0.1) is 0 Å². The number of fused-ring (bicyclic) bond motifs is 1. The number of pyridine rings is 1. The van der Waals surface area contributed by atoms with Gasteiger partial charge in [-0.2, -0.15) is 0 Å². The number of ether oxygens (including phenoxy) is 1. The Kier molecular flexibility index (Phi) is 5.99. The maximum absolute atomic E-state index is 13.0. The molecule has 2 aliphatic rings. The molecule has 0 saturated carbocycles. The van der Waals surface area contributed by atoms with Gasteiger partial charge in [0.1, 0.15) is 11.6 Å². The van der Waals surface area contributed by atoms with E-state index >= 15 is 0 Å². The lowest BCUT2D eigenvalue weighted by molar-refractivity contribution is -0.138. The highest BCUT2D eigenvalue weighted by atomic mass is 35.5. The summed E-state index contributed by atoms with van der Waals surface area (Å²) in [6.45, 7) is 2.33. The topological polar surface area (TPSA) is 54.5 Å². The van der Waals surface area contributed by atoms with Gasteiger partial charge in [-0.1, -0.05) is 41.9 Å². The Morgan fingerprint density at radius 2 is 1.91 bits per heavy atom. The highest BCUT2D eigenvalue weighted by Gasteiger charge is 2.34. The first-order chi connectivity index (χ1) is 15.7. The fraction of sp³-hybridized carbons (Fsp3) is 0.308. The lowest BCUT2D eigenvalue weighted by Crippen LogP contribution is -2.43. The molecule has 1 N–H and O–H groups in total. The molecule has 0 spiro atoms. The normalized spacial score (nSPS) is 17.5. The molecule has 0 bridgehead atoms. The van der Waals surface area contributed by atoms with Gasteiger partial charge in [0.25, 0.3) is 5.91 Å². The number of benzene rings is 2. The summed E-state index contributed by atoms with van der Waals surface area (Å²) >= 11 is 6.45. The van der Waals surface area contributed by atoms with E-state index < -0.39 is 6.10 Å². The number of carbonyl (C=O) groups is 1. The quantitative estimate of drug-likeness (QED) is 0.574. The van der Waals surface area contributed by atoms with Crippen LogP contribution in [0.5, 0.6) is 5.75 Å². The van der Waals surface area contributed by atoms with E-state index in [-0.39, 0.29) is 5.91 Å². The molecule has 5 rings (SSSR count). The number of hydrogen-bond donors (Lipinski definition) is 1. The number of piperidine rings is 1. The molecule has 5 nitrogen and oxygen atoms in total. The molecule has 32 heavy (non-hydrogen) atoms. The summed E-state index contributed by atoms with van der Waals surface area (Å²) in [5.74, 6) is 1.62. The zero-order chi connectivity index (χ0) is 21.9. The van der Waals surface area contributed by atoms with Crippen molar-refractivity contribution in [3.8, 4) is 16.9 Å². The highest BCUT2D eigenvalue weighted by Crippen LogP contribution is 2.42. The van der Waals surface area contributed by atoms with E-state index in [4.69, 9.17) is 16.3 Å². The fourth-order valence-corrected chi connectivity index (χ4v) is 4.72. The largest absolute Gasteiger partial charge is 0.479 e. The number of anilines is 1. The Hall–Kier alpha value is -3.05. The Bertz CT molecular complexity index is 1110. The predicted molar refractivity (Wildman–Crippen MR) is 127 cm³/mol. The highest BCUT2D eigenvalue weighted by molar-refractivity contribution is 6.31. The lowest BCUT2D eigenvalue weighted by Gasteiger charge is -2.28. The molecule has 1 fully saturated rings. The van der Waals surface area contributed by atoms with E-state index in [0.29, 0.717) is 18.0 Å². The SMILES string of the molecule is O=C(C1Cc2cc(Cl)cc(-c3ccnc(NCc4ccccc4)c3)c2O1)N1CCCCC1. The zero-order valence-electron chi connectivity index (χ0n) is 17.9. The molecule has 0 aliphatic carbocycles. The van der Waals surface area contributed by atoms with E-state index in [0.717, 1.165) is 54.2 Å². The monoisotopic (exact) mass is 447 g/mol. The minimum absolute atomic E-state index is 0.0860. The van der Waals surface area contributed by atoms with Crippen molar-refractivity contribution in [2.45, 2.75) is 38.3 Å². The summed E-state index contributed by atoms with van der Waals surface area (Å²) in [7, 11) is 0. The summed E-state index contributed by atoms with van der Waals surface area (Å²) in [6.07, 6.45) is 5.19. The van der Waals surface area contributed by atoms with Crippen LogP contribution >= 0.6 is 11.6 Å². The maximum atomic E-state index is 13.0. The van der Waals surface area contributed by atoms with Crippen LogP contribution in [0.3, 0.4) is 0 Å². The number of likely N-dealkylation sites (tertiary alicyclic amines) is 1. The third kappa shape index (κ3) is 4.44. The third-order valence-corrected chi connectivity index (χ3v) is 6.34. The van der Waals surface area contributed by atoms with Crippen molar-refractivity contribution in [3.05, 3.63) is 76.9 Å². The third-order valence-electron chi connectivity index (χ3n) is 6.13. The van der Waals surface area contributed by atoms with Crippen molar-refractivity contribution < 1.29 is 9.53 Å². The van der Waals surface area contributed by atoms with Crippen molar-refractivity contribution >= 4 is 23.3 Å². The van der Waals surface area contributed by atoms with Crippen LogP contribution in [0.1, 0.15) is 30.4 Å². The van der Waals surface area contributed by atoms with Crippen LogP contribution in [0.25, 0.3) is 11.1 Å². The molecule has 0 radical (unpaired) electrons. The summed E-state index contributed by atoms with van der Waals surface area (Å²) in [4.78, 5) is 19.4. The van der Waals surface area contributed by atoms with E-state index in [2.05, 4.69) is 22.4 Å². The Morgan fingerprint density at radius 3 is 2.72 bits per heavy atom. The molecule has 3 heterocycles. The number of hydrogen-bond acceptors (Lipinski definition) is 4. The van der Waals surface area contributed by atoms with E-state index in [1.165, 1.54) is 12.0 Å². The first-order valence-corrected chi connectivity index (χ1v) is 11.6. The van der Waals surface area contributed by atoms with Crippen molar-refractivity contribution in [1.82, 2.24) is 9.88 Å². The zero-order valence-corrected chi connectivity index (χ0v) is 18.6. The number of nitrogens with one attached hydrogen (secondary N) is 1. The van der Waals surface area contributed by atoms with Gasteiger partial charge in [-0.05, 0) is 54.7 Å². The van der Waals surface area contributed by atoms with Crippen LogP contribution in [-0.2, 0) is 17.8 Å². The smallest absolute Gasteiger partial charge is 0.263 e. The van der Waals surface area contributed by atoms with Crippen LogP contribution in [0.4, 0.5) is 5.82 Å². The lowest BCUT2D eigenvalue weighted by atomic mass is 10.0. The van der Waals surface area contributed by atoms with Crippen LogP contribution in [0.2, 0.25) is 5.02 Å². The van der Waals surface area contributed by atoms with Gasteiger partial charge in [-0.3, -0.25) is 4.79 Å². The molecule has 1 saturated heterocycles. The Labute approximate surface area is 193 Å². The van der Waals surface area contributed by atoms with Crippen molar-refractivity contribution in [2.24, 2.45) is 0 Å². The van der Waals surface area contributed by atoms with Crippen LogP contribution < -0.4 is 10.1 Å². The first-order valence-electron chi connectivity index (χ1n) is 11.2. The number of aromatic nitrogens is 1. The minimum Gasteiger partial charge on any atom is -0.479 e. The van der Waals surface area contributed by atoms with E-state index in [1.54, 1.807) is 6.20 Å². The summed E-state index contributed by atoms with van der Waals surface area (Å²) in [6, 6.07) is 18.0. The van der Waals surface area contributed by atoms with Gasteiger partial charge in [0.05, 0.1) is 0 Å². The number of nitrogens with zero attached hydrogens (tertiary/aromatic N) is 2. The second-order valence-electron chi connectivity index (χ2n) is 8.41. The molecule has 1 amide bonds. The Balaban J connectivity index is 1.37. The average molecular weight is 448 g/mol. The molecule has 164 valence electrons. The summed E-state index contributed by atoms with van der Waals surface area (Å²) in [5.41, 5.74) is 4.02. The average Bonchev–Trinajstić information content (AvgIpc) is 3.27. The molecule has 3 aromatic rings. The van der Waals surface area contributed by atoms with Gasteiger partial charge in [0.15, 0.2) is 6.10 Å². The molecular weight excluding hydrogens is 422 g/mol. The Morgan fingerprint density at radius 1 is 1.09 bits per heavy atom. The van der Waals surface area contributed by atoms with Crippen LogP contribution in [0.15, 0.2) is 60.8 Å². The van der Waals surface area contributed by atoms with Gasteiger partial charge >= 0.3 is 0 Å². The van der Waals surface area contributed by atoms with Crippen molar-refractivity contribution in [3.63, 3.8) is 0 Å². The van der Waals surface area contributed by atoms with Crippen molar-refractivity contribution in [1.29, 1.82) is 0 Å². The van der Waals surface area contributed by atoms with Crippen LogP contribution in [0, 0.1) is 0 Å². The molecule has 6 heteroatoms. The second-order valence-corrected chi connectivity index (χ2v) is 8.84. The molecule has 2 aromatic carbocycles. The van der Waals surface area contributed by atoms with Crippen molar-refractivity contribution in [2.75, 3.05) is 18.4 Å². The fourth-order valence-electron chi connectivity index (χ4n) is 4.48. The second kappa shape index (κ2) is 9.21. The molecule has 1 aromatic heterocycles. The summed E-state index contributed by atoms with van der Waals surface area (Å²) < 4.78 is 6.24. The minimum atomic E-state index is -0.474. The molecule has 1 atom stereocenters. The molecular formula is C26H26ClN3O2. The van der Waals surface area contributed by atoms with Gasteiger partial charge in [-0.25, -0.2) is 4.98 Å². The number of amides is 1. The van der Waals surface area contributed by atoms with Gasteiger partial charge in [0, 0.05) is 48.4 Å². The van der Waals surface area contributed by atoms with Gasteiger partial charge in [0.2, 0.25) is 0 Å². The summed E-state index contributed by atoms with van der Waals surface area (Å²) in [5, 5.41) is 4.02. The molecule has 1 unspecified atom stereocenters. The first kappa shape index (κ1) is 20.8. The van der Waals surface area contributed by atoms with E-state index in [9.17, 15) is 4.79 Å². The molecule has 2 aliphatic heterocycles. The van der Waals surface area contributed by atoms with Crippen LogP contribution in [-0.4, -0.2) is 35.0 Å². The number of halogens is 1. The standard InChI is InChI=1S/C26H26ClN3O2/c27-21-13-20-14-23(26(31)30-11-5-2-6-12-30)32-25(20)22(16-21)19-9-10-28-24(15-19)29-17-18-7-3-1-4-8-18/h1,3-4,7-10,13,15-16,23H,2,5-6,11-12,14,17H2,(H,28,29). The predicted octanol–water partition coefficient (Wildman–Crippen LogP) is 5.33. The maximum Gasteiger partial charge on any atom is 0.263 e. The van der Waals surface area contributed by atoms with E-state index in [1.807, 2.05) is 47.4 Å². The number of rotatable bonds is 5. The number of carbonyl (C=O) groups excluding carboxylic acids is 1. The van der Waals surface area contributed by atoms with Gasteiger partial charge < -0.3 is 15.0 Å².